The summed E-state index contributed by atoms with van der Waals surface area (Å²) in [6.07, 6.45) is 6.37. The number of benzene rings is 1. The third kappa shape index (κ3) is 10.7. The Morgan fingerprint density at radius 3 is 2.72 bits per heavy atom. The summed E-state index contributed by atoms with van der Waals surface area (Å²) in [6.45, 7) is 4.35. The van der Waals surface area contributed by atoms with Gasteiger partial charge in [-0.1, -0.05) is 31.9 Å². The molecule has 1 atom stereocenters. The minimum absolute atomic E-state index is 0.122. The predicted octanol–water partition coefficient (Wildman–Crippen LogP) is 4.93. The molecule has 1 heterocycles. The number of alkyl halides is 3. The van der Waals surface area contributed by atoms with E-state index in [1.165, 1.54) is 25.2 Å². The summed E-state index contributed by atoms with van der Waals surface area (Å²) < 4.78 is 55.1. The number of nitrogens with one attached hydrogen (secondary N) is 1. The monoisotopic (exact) mass is 602 g/mol. The Bertz CT molecular complexity index is 1340. The molecule has 232 valence electrons. The minimum Gasteiger partial charge on any atom is -0.487 e. The molecule has 1 aromatic carbocycles. The van der Waals surface area contributed by atoms with E-state index in [2.05, 4.69) is 37.8 Å². The Morgan fingerprint density at radius 1 is 1.28 bits per heavy atom. The van der Waals surface area contributed by atoms with E-state index >= 15 is 0 Å². The summed E-state index contributed by atoms with van der Waals surface area (Å²) in [4.78, 5) is 8.34. The highest BCUT2D eigenvalue weighted by Crippen LogP contribution is 2.32. The Hall–Kier alpha value is -4.51. The molecule has 43 heavy (non-hydrogen) atoms. The van der Waals surface area contributed by atoms with Gasteiger partial charge in [0.1, 0.15) is 42.6 Å². The summed E-state index contributed by atoms with van der Waals surface area (Å²) in [7, 11) is 0. The van der Waals surface area contributed by atoms with Gasteiger partial charge in [0.2, 0.25) is 0 Å². The molecule has 1 saturated carbocycles. The van der Waals surface area contributed by atoms with Crippen LogP contribution < -0.4 is 26.3 Å². The Labute approximate surface area is 248 Å². The van der Waals surface area contributed by atoms with E-state index in [4.69, 9.17) is 20.9 Å². The molecule has 14 heteroatoms. The first-order valence-corrected chi connectivity index (χ1v) is 13.8. The fourth-order valence-corrected chi connectivity index (χ4v) is 4.39. The van der Waals surface area contributed by atoms with Crippen LogP contribution in [0.2, 0.25) is 0 Å². The maximum absolute atomic E-state index is 12.4. The molecule has 0 unspecified atom stereocenters. The second kappa shape index (κ2) is 16.2. The van der Waals surface area contributed by atoms with Crippen LogP contribution in [0, 0.1) is 11.3 Å². The van der Waals surface area contributed by atoms with Crippen molar-refractivity contribution in [3.05, 3.63) is 54.1 Å². The van der Waals surface area contributed by atoms with Crippen LogP contribution in [0.3, 0.4) is 0 Å². The van der Waals surface area contributed by atoms with Crippen molar-refractivity contribution in [3.63, 3.8) is 0 Å². The second-order valence-electron chi connectivity index (χ2n) is 9.85. The highest BCUT2D eigenvalue weighted by Gasteiger charge is 2.27. The van der Waals surface area contributed by atoms with E-state index < -0.39 is 12.8 Å². The fraction of sp³-hybridized carbons (Fsp3) is 0.448. The molecule has 1 aliphatic carbocycles. The average molecular weight is 603 g/mol. The second-order valence-corrected chi connectivity index (χ2v) is 9.85. The maximum atomic E-state index is 12.4. The van der Waals surface area contributed by atoms with Crippen LogP contribution in [0.1, 0.15) is 56.2 Å². The number of nitrogens with two attached hydrogens (primary N) is 2. The smallest absolute Gasteiger partial charge is 0.411 e. The van der Waals surface area contributed by atoms with Gasteiger partial charge in [-0.2, -0.15) is 18.4 Å². The molecule has 0 saturated heterocycles. The van der Waals surface area contributed by atoms with Crippen molar-refractivity contribution in [3.8, 4) is 17.7 Å². The van der Waals surface area contributed by atoms with E-state index in [-0.39, 0.29) is 37.1 Å². The van der Waals surface area contributed by atoms with Gasteiger partial charge in [0.05, 0.1) is 37.3 Å². The normalized spacial score (nSPS) is 15.5. The lowest BCUT2D eigenvalue weighted by Gasteiger charge is -2.21. The van der Waals surface area contributed by atoms with Crippen molar-refractivity contribution in [2.45, 2.75) is 57.3 Å². The molecule has 0 radical (unpaired) electrons. The SMILES string of the molecule is C=C(/N=C\C(=C/N)c1ccc(C#N)c(O[C@@H](C)CN=CN)c1)Nc1cn(C2CCCCC2)nc1OCCOCC(F)(F)F. The lowest BCUT2D eigenvalue weighted by molar-refractivity contribution is -0.175. The van der Waals surface area contributed by atoms with Gasteiger partial charge in [-0.3, -0.25) is 9.67 Å². The number of aromatic nitrogens is 2. The van der Waals surface area contributed by atoms with Gasteiger partial charge in [-0.25, -0.2) is 4.99 Å². The molecule has 5 N–H and O–H groups in total. The topological polar surface area (TPSA) is 158 Å². The molecule has 0 spiro atoms. The Kier molecular flexibility index (Phi) is 12.4. The summed E-state index contributed by atoms with van der Waals surface area (Å²) in [5, 5.41) is 17.1. The summed E-state index contributed by atoms with van der Waals surface area (Å²) in [5.74, 6) is 0.800. The summed E-state index contributed by atoms with van der Waals surface area (Å²) >= 11 is 0. The first kappa shape index (κ1) is 33.0. The highest BCUT2D eigenvalue weighted by molar-refractivity contribution is 6.10. The van der Waals surface area contributed by atoms with Crippen molar-refractivity contribution < 1.29 is 27.4 Å². The zero-order chi connectivity index (χ0) is 31.2. The maximum Gasteiger partial charge on any atom is 0.411 e. The van der Waals surface area contributed by atoms with Gasteiger partial charge in [0.15, 0.2) is 0 Å². The first-order chi connectivity index (χ1) is 20.6. The van der Waals surface area contributed by atoms with Gasteiger partial charge in [-0.15, -0.1) is 5.10 Å². The van der Waals surface area contributed by atoms with E-state index in [9.17, 15) is 18.4 Å². The molecule has 0 amide bonds. The van der Waals surface area contributed by atoms with Crippen molar-refractivity contribution in [1.29, 1.82) is 5.26 Å². The van der Waals surface area contributed by atoms with Crippen LogP contribution in [-0.2, 0) is 4.74 Å². The van der Waals surface area contributed by atoms with Crippen molar-refractivity contribution >= 4 is 23.8 Å². The van der Waals surface area contributed by atoms with E-state index in [1.54, 1.807) is 24.4 Å². The fourth-order valence-electron chi connectivity index (χ4n) is 4.39. The molecule has 1 aromatic heterocycles. The largest absolute Gasteiger partial charge is 0.487 e. The quantitative estimate of drug-likeness (QED) is 0.147. The number of anilines is 1. The Morgan fingerprint density at radius 2 is 2.05 bits per heavy atom. The number of nitrogens with zero attached hydrogens (tertiary/aromatic N) is 5. The predicted molar refractivity (Wildman–Crippen MR) is 159 cm³/mol. The highest BCUT2D eigenvalue weighted by atomic mass is 19.4. The molecule has 1 aliphatic rings. The van der Waals surface area contributed by atoms with Crippen molar-refractivity contribution in [2.75, 3.05) is 31.7 Å². The number of rotatable bonds is 15. The van der Waals surface area contributed by atoms with E-state index in [0.29, 0.717) is 34.7 Å². The van der Waals surface area contributed by atoms with E-state index in [0.717, 1.165) is 25.7 Å². The third-order valence-electron chi connectivity index (χ3n) is 6.43. The van der Waals surface area contributed by atoms with Crippen LogP contribution in [-0.4, -0.2) is 61.0 Å². The zero-order valence-corrected chi connectivity index (χ0v) is 24.0. The molecular weight excluding hydrogens is 565 g/mol. The van der Waals surface area contributed by atoms with Crippen LogP contribution in [0.4, 0.5) is 18.9 Å². The molecule has 0 bridgehead atoms. The van der Waals surface area contributed by atoms with Crippen LogP contribution in [0.5, 0.6) is 11.6 Å². The molecule has 3 rings (SSSR count). The third-order valence-corrected chi connectivity index (χ3v) is 6.43. The number of allylic oxidation sites excluding steroid dienone is 1. The Balaban J connectivity index is 1.72. The molecule has 11 nitrogen and oxygen atoms in total. The standard InChI is InChI=1S/C29H37F3N8O3/c1-20(15-36-19-35)43-27-12-22(8-9-23(27)13-33)24(14-34)16-37-21(2)38-26-17-40(25-6-4-3-5-7-25)39-28(26)42-11-10-41-18-29(30,31)32/h8-9,12,14,16-17,19-20,25,38H,2-7,10-11,15,18,34H2,1H3,(H2,35,36)/b24-14+,37-16-/t20-/m0/s1. The van der Waals surface area contributed by atoms with Crippen molar-refractivity contribution in [2.24, 2.45) is 21.5 Å². The lowest BCUT2D eigenvalue weighted by Crippen LogP contribution is -2.19. The van der Waals surface area contributed by atoms with Gasteiger partial charge in [-0.05, 0) is 37.5 Å². The minimum atomic E-state index is -4.41. The van der Waals surface area contributed by atoms with Gasteiger partial charge in [0, 0.05) is 18.0 Å². The molecular formula is C29H37F3N8O3. The van der Waals surface area contributed by atoms with Crippen LogP contribution >= 0.6 is 0 Å². The number of halogens is 3. The van der Waals surface area contributed by atoms with E-state index in [1.807, 2.05) is 11.6 Å². The number of ether oxygens (including phenoxy) is 3. The first-order valence-electron chi connectivity index (χ1n) is 13.8. The summed E-state index contributed by atoms with van der Waals surface area (Å²) in [6, 6.07) is 7.32. The number of nitriles is 1. The van der Waals surface area contributed by atoms with Gasteiger partial charge < -0.3 is 31.0 Å². The molecule has 1 fully saturated rings. The average Bonchev–Trinajstić information content (AvgIpc) is 3.38. The number of hydrogen-bond acceptors (Lipinski definition) is 9. The van der Waals surface area contributed by atoms with Gasteiger partial charge >= 0.3 is 6.18 Å². The molecule has 2 aromatic rings. The number of hydrogen-bond donors (Lipinski definition) is 3. The summed E-state index contributed by atoms with van der Waals surface area (Å²) in [5.41, 5.74) is 13.2. The number of aliphatic imine (C=N–C) groups is 2. The lowest BCUT2D eigenvalue weighted by atomic mass is 9.96. The van der Waals surface area contributed by atoms with Crippen LogP contribution in [0.15, 0.2) is 53.0 Å². The van der Waals surface area contributed by atoms with Crippen molar-refractivity contribution in [1.82, 2.24) is 9.78 Å². The molecule has 0 aliphatic heterocycles. The van der Waals surface area contributed by atoms with Crippen LogP contribution in [0.25, 0.3) is 5.57 Å². The zero-order valence-electron chi connectivity index (χ0n) is 24.0. The van der Waals surface area contributed by atoms with Gasteiger partial charge in [0.25, 0.3) is 5.88 Å².